The van der Waals surface area contributed by atoms with Crippen LogP contribution in [0.4, 0.5) is 0 Å². The number of aromatic nitrogens is 2. The number of thioether (sulfide) groups is 1. The van der Waals surface area contributed by atoms with E-state index in [9.17, 15) is 9.59 Å². The minimum Gasteiger partial charge on any atom is -0.481 e. The predicted molar refractivity (Wildman–Crippen MR) is 81.7 cm³/mol. The van der Waals surface area contributed by atoms with Crippen LogP contribution in [0.2, 0.25) is 0 Å². The predicted octanol–water partition coefficient (Wildman–Crippen LogP) is 2.00. The Hall–Kier alpha value is -1.63. The minimum absolute atomic E-state index is 0.172. The summed E-state index contributed by atoms with van der Waals surface area (Å²) in [5, 5.41) is 9.63. The highest BCUT2D eigenvalue weighted by atomic mass is 32.2. The molecule has 21 heavy (non-hydrogen) atoms. The molecule has 1 rings (SSSR count). The molecule has 0 aliphatic carbocycles. The Balaban J connectivity index is 3.13. The summed E-state index contributed by atoms with van der Waals surface area (Å²) in [6.07, 6.45) is 1.86. The molecular formula is C14H21N3O3S. The van der Waals surface area contributed by atoms with E-state index in [1.54, 1.807) is 20.8 Å². The van der Waals surface area contributed by atoms with Crippen LogP contribution in [0.3, 0.4) is 0 Å². The molecule has 0 aliphatic rings. The summed E-state index contributed by atoms with van der Waals surface area (Å²) in [4.78, 5) is 33.7. The van der Waals surface area contributed by atoms with Gasteiger partial charge in [0.05, 0.1) is 17.2 Å². The first-order valence-corrected chi connectivity index (χ1v) is 7.95. The molecule has 0 spiro atoms. The Morgan fingerprint density at radius 1 is 1.33 bits per heavy atom. The van der Waals surface area contributed by atoms with E-state index in [1.807, 2.05) is 13.2 Å². The lowest BCUT2D eigenvalue weighted by Gasteiger charge is -2.24. The zero-order valence-electron chi connectivity index (χ0n) is 13.0. The van der Waals surface area contributed by atoms with Crippen molar-refractivity contribution in [1.82, 2.24) is 14.9 Å². The molecule has 6 nitrogen and oxygen atoms in total. The van der Waals surface area contributed by atoms with Crippen LogP contribution in [-0.2, 0) is 4.79 Å². The topological polar surface area (TPSA) is 83.4 Å². The maximum Gasteiger partial charge on any atom is 0.308 e. The Bertz CT molecular complexity index is 549. The fourth-order valence-electron chi connectivity index (χ4n) is 2.00. The zero-order valence-corrected chi connectivity index (χ0v) is 13.8. The third-order valence-corrected chi connectivity index (χ3v) is 3.84. The lowest BCUT2D eigenvalue weighted by atomic mass is 10.1. The van der Waals surface area contributed by atoms with Crippen molar-refractivity contribution in [2.45, 2.75) is 32.7 Å². The molecule has 116 valence electrons. The smallest absolute Gasteiger partial charge is 0.308 e. The third kappa shape index (κ3) is 4.17. The number of amides is 1. The lowest BCUT2D eigenvalue weighted by molar-refractivity contribution is -0.141. The zero-order chi connectivity index (χ0) is 16.2. The normalized spacial score (nSPS) is 12.0. The molecule has 1 atom stereocenters. The third-order valence-electron chi connectivity index (χ3n) is 3.16. The first-order chi connectivity index (χ1) is 9.81. The maximum atomic E-state index is 12.7. The van der Waals surface area contributed by atoms with Gasteiger partial charge in [0.2, 0.25) is 0 Å². The second-order valence-corrected chi connectivity index (χ2v) is 5.62. The van der Waals surface area contributed by atoms with Crippen LogP contribution in [0, 0.1) is 19.8 Å². The van der Waals surface area contributed by atoms with E-state index < -0.39 is 11.9 Å². The average Bonchev–Trinajstić information content (AvgIpc) is 2.42. The van der Waals surface area contributed by atoms with Gasteiger partial charge in [0.15, 0.2) is 0 Å². The van der Waals surface area contributed by atoms with Gasteiger partial charge in [-0.2, -0.15) is 0 Å². The largest absolute Gasteiger partial charge is 0.481 e. The Labute approximate surface area is 129 Å². The van der Waals surface area contributed by atoms with Gasteiger partial charge in [0, 0.05) is 13.1 Å². The molecule has 0 bridgehead atoms. The van der Waals surface area contributed by atoms with Crippen molar-refractivity contribution in [3.05, 3.63) is 17.1 Å². The monoisotopic (exact) mass is 311 g/mol. The lowest BCUT2D eigenvalue weighted by Crippen LogP contribution is -2.37. The van der Waals surface area contributed by atoms with Crippen LogP contribution in [0.15, 0.2) is 5.03 Å². The Kier molecular flexibility index (Phi) is 6.14. The molecule has 0 radical (unpaired) electrons. The summed E-state index contributed by atoms with van der Waals surface area (Å²) in [7, 11) is 0. The summed E-state index contributed by atoms with van der Waals surface area (Å²) in [5.74, 6) is -1.12. The number of aryl methyl sites for hydroxylation is 2. The van der Waals surface area contributed by atoms with Gasteiger partial charge in [0.1, 0.15) is 10.9 Å². The number of hydrogen-bond donors (Lipinski definition) is 1. The summed E-state index contributed by atoms with van der Waals surface area (Å²) in [6.45, 7) is 7.59. The van der Waals surface area contributed by atoms with Gasteiger partial charge < -0.3 is 10.0 Å². The van der Waals surface area contributed by atoms with Gasteiger partial charge in [-0.15, -0.1) is 11.8 Å². The summed E-state index contributed by atoms with van der Waals surface area (Å²) < 4.78 is 0. The average molecular weight is 311 g/mol. The molecule has 1 unspecified atom stereocenters. The number of carboxylic acids is 1. The molecule has 1 N–H and O–H groups in total. The van der Waals surface area contributed by atoms with Crippen LogP contribution < -0.4 is 0 Å². The van der Waals surface area contributed by atoms with Gasteiger partial charge in [-0.05, 0) is 27.0 Å². The number of carboxylic acid groups (broad SMARTS) is 1. The van der Waals surface area contributed by atoms with Gasteiger partial charge >= 0.3 is 5.97 Å². The van der Waals surface area contributed by atoms with E-state index in [1.165, 1.54) is 16.7 Å². The van der Waals surface area contributed by atoms with Crippen molar-refractivity contribution in [2.24, 2.45) is 5.92 Å². The molecule has 1 aromatic heterocycles. The molecule has 0 saturated heterocycles. The van der Waals surface area contributed by atoms with Gasteiger partial charge in [-0.3, -0.25) is 9.59 Å². The second-order valence-electron chi connectivity index (χ2n) is 4.82. The fourth-order valence-corrected chi connectivity index (χ4v) is 2.66. The standard InChI is InChI=1S/C14H21N3O3S/c1-6-17(7-8(2)14(19)20)13(18)11-9(3)15-10(4)16-12(11)21-5/h8H,6-7H2,1-5H3,(H,19,20). The quantitative estimate of drug-likeness (QED) is 0.639. The van der Waals surface area contributed by atoms with Crippen LogP contribution in [0.1, 0.15) is 35.7 Å². The minimum atomic E-state index is -0.914. The molecule has 0 aliphatic heterocycles. The molecule has 0 aromatic carbocycles. The van der Waals surface area contributed by atoms with Gasteiger partial charge in [-0.25, -0.2) is 9.97 Å². The highest BCUT2D eigenvalue weighted by Crippen LogP contribution is 2.22. The number of aliphatic carboxylic acids is 1. The maximum absolute atomic E-state index is 12.7. The van der Waals surface area contributed by atoms with Crippen molar-refractivity contribution >= 4 is 23.6 Å². The summed E-state index contributed by atoms with van der Waals surface area (Å²) in [6, 6.07) is 0. The molecule has 0 saturated carbocycles. The molecule has 1 aromatic rings. The van der Waals surface area contributed by atoms with Crippen LogP contribution in [0.5, 0.6) is 0 Å². The molecular weight excluding hydrogens is 290 g/mol. The molecule has 0 fully saturated rings. The van der Waals surface area contributed by atoms with Crippen molar-refractivity contribution in [2.75, 3.05) is 19.3 Å². The van der Waals surface area contributed by atoms with Crippen molar-refractivity contribution < 1.29 is 14.7 Å². The highest BCUT2D eigenvalue weighted by molar-refractivity contribution is 7.98. The highest BCUT2D eigenvalue weighted by Gasteiger charge is 2.25. The Morgan fingerprint density at radius 3 is 2.43 bits per heavy atom. The number of carbonyl (C=O) groups excluding carboxylic acids is 1. The molecule has 1 heterocycles. The fraction of sp³-hybridized carbons (Fsp3) is 0.571. The van der Waals surface area contributed by atoms with E-state index in [0.29, 0.717) is 28.7 Å². The van der Waals surface area contributed by atoms with Gasteiger partial charge in [-0.1, -0.05) is 6.92 Å². The van der Waals surface area contributed by atoms with E-state index >= 15 is 0 Å². The first-order valence-electron chi connectivity index (χ1n) is 6.73. The summed E-state index contributed by atoms with van der Waals surface area (Å²) >= 11 is 1.39. The van der Waals surface area contributed by atoms with E-state index in [2.05, 4.69) is 9.97 Å². The SMILES string of the molecule is CCN(CC(C)C(=O)O)C(=O)c1c(C)nc(C)nc1SC. The second kappa shape index (κ2) is 7.40. The molecule has 1 amide bonds. The Morgan fingerprint density at radius 2 is 1.95 bits per heavy atom. The van der Waals surface area contributed by atoms with E-state index in [-0.39, 0.29) is 12.5 Å². The van der Waals surface area contributed by atoms with Crippen LogP contribution in [-0.4, -0.2) is 51.2 Å². The van der Waals surface area contributed by atoms with Crippen LogP contribution >= 0.6 is 11.8 Å². The van der Waals surface area contributed by atoms with Gasteiger partial charge in [0.25, 0.3) is 5.91 Å². The van der Waals surface area contributed by atoms with Crippen molar-refractivity contribution in [3.8, 4) is 0 Å². The van der Waals surface area contributed by atoms with E-state index in [4.69, 9.17) is 5.11 Å². The summed E-state index contributed by atoms with van der Waals surface area (Å²) in [5.41, 5.74) is 1.09. The number of hydrogen-bond acceptors (Lipinski definition) is 5. The number of nitrogens with zero attached hydrogens (tertiary/aromatic N) is 3. The first kappa shape index (κ1) is 17.4. The van der Waals surface area contributed by atoms with Crippen molar-refractivity contribution in [1.29, 1.82) is 0 Å². The van der Waals surface area contributed by atoms with Crippen molar-refractivity contribution in [3.63, 3.8) is 0 Å². The van der Waals surface area contributed by atoms with Crippen LogP contribution in [0.25, 0.3) is 0 Å². The number of rotatable bonds is 6. The molecule has 7 heteroatoms. The van der Waals surface area contributed by atoms with E-state index in [0.717, 1.165) is 0 Å². The number of carbonyl (C=O) groups is 2.